The van der Waals surface area contributed by atoms with Gasteiger partial charge in [0.25, 0.3) is 0 Å². The van der Waals surface area contributed by atoms with E-state index >= 15 is 0 Å². The number of hydrogen-bond donors (Lipinski definition) is 0. The molecule has 1 aromatic rings. The second kappa shape index (κ2) is 4.37. The standard InChI is InChI=1S/C15H17BrO2/c1-8-6-13(18-2)11(7-12(8)16)15(17)14-9-4-3-5-10(9)14/h6-7,9-10,14H,3-5H2,1-2H3. The average molecular weight is 309 g/mol. The van der Waals surface area contributed by atoms with Crippen molar-refractivity contribution in [1.29, 1.82) is 0 Å². The molecule has 2 nitrogen and oxygen atoms in total. The van der Waals surface area contributed by atoms with Gasteiger partial charge in [-0.15, -0.1) is 0 Å². The summed E-state index contributed by atoms with van der Waals surface area (Å²) in [4.78, 5) is 12.6. The van der Waals surface area contributed by atoms with E-state index in [1.54, 1.807) is 7.11 Å². The molecule has 0 aromatic heterocycles. The van der Waals surface area contributed by atoms with Crippen LogP contribution in [0.15, 0.2) is 16.6 Å². The quantitative estimate of drug-likeness (QED) is 0.789. The molecule has 2 aliphatic rings. The number of benzene rings is 1. The highest BCUT2D eigenvalue weighted by molar-refractivity contribution is 9.10. The topological polar surface area (TPSA) is 26.3 Å². The first kappa shape index (κ1) is 12.2. The molecule has 18 heavy (non-hydrogen) atoms. The Bertz CT molecular complexity index is 499. The van der Waals surface area contributed by atoms with Gasteiger partial charge in [-0.25, -0.2) is 0 Å². The molecule has 2 fully saturated rings. The summed E-state index contributed by atoms with van der Waals surface area (Å²) in [6.45, 7) is 2.01. The highest BCUT2D eigenvalue weighted by atomic mass is 79.9. The minimum absolute atomic E-state index is 0.266. The molecule has 0 saturated heterocycles. The molecule has 96 valence electrons. The first-order chi connectivity index (χ1) is 8.63. The maximum atomic E-state index is 12.6. The average Bonchev–Trinajstić information content (AvgIpc) is 2.84. The maximum absolute atomic E-state index is 12.6. The second-order valence-electron chi connectivity index (χ2n) is 5.45. The molecule has 0 radical (unpaired) electrons. The van der Waals surface area contributed by atoms with Gasteiger partial charge in [-0.1, -0.05) is 22.4 Å². The number of ether oxygens (including phenoxy) is 1. The molecule has 0 amide bonds. The first-order valence-electron chi connectivity index (χ1n) is 6.52. The SMILES string of the molecule is COc1cc(C)c(Br)cc1C(=O)C1C2CCCC21. The number of carbonyl (C=O) groups is 1. The number of rotatable bonds is 3. The van der Waals surface area contributed by atoms with Crippen molar-refractivity contribution >= 4 is 21.7 Å². The number of methoxy groups -OCH3 is 1. The molecule has 2 atom stereocenters. The molecule has 0 spiro atoms. The van der Waals surface area contributed by atoms with E-state index in [4.69, 9.17) is 4.74 Å². The zero-order valence-electron chi connectivity index (χ0n) is 10.7. The Morgan fingerprint density at radius 1 is 1.33 bits per heavy atom. The maximum Gasteiger partial charge on any atom is 0.170 e. The van der Waals surface area contributed by atoms with Gasteiger partial charge in [0, 0.05) is 10.4 Å². The first-order valence-corrected chi connectivity index (χ1v) is 7.31. The Labute approximate surface area is 116 Å². The normalized spacial score (nSPS) is 28.9. The van der Waals surface area contributed by atoms with Crippen molar-refractivity contribution < 1.29 is 9.53 Å². The largest absolute Gasteiger partial charge is 0.496 e. The summed E-state index contributed by atoms with van der Waals surface area (Å²) in [6, 6.07) is 3.86. The van der Waals surface area contributed by atoms with E-state index in [-0.39, 0.29) is 11.7 Å². The molecule has 1 aromatic carbocycles. The number of aryl methyl sites for hydroxylation is 1. The third-order valence-electron chi connectivity index (χ3n) is 4.46. The molecule has 0 N–H and O–H groups in total. The number of carbonyl (C=O) groups excluding carboxylic acids is 1. The van der Waals surface area contributed by atoms with Gasteiger partial charge in [-0.2, -0.15) is 0 Å². The Morgan fingerprint density at radius 2 is 2.00 bits per heavy atom. The van der Waals surface area contributed by atoms with Crippen LogP contribution in [0, 0.1) is 24.7 Å². The Kier molecular flexibility index (Phi) is 2.97. The summed E-state index contributed by atoms with van der Waals surface area (Å²) < 4.78 is 6.34. The smallest absolute Gasteiger partial charge is 0.170 e. The summed E-state index contributed by atoms with van der Waals surface area (Å²) in [6.07, 6.45) is 3.76. The molecule has 0 bridgehead atoms. The van der Waals surface area contributed by atoms with Crippen LogP contribution in [0.25, 0.3) is 0 Å². The lowest BCUT2D eigenvalue weighted by Gasteiger charge is -2.11. The van der Waals surface area contributed by atoms with Crippen LogP contribution in [0.1, 0.15) is 35.2 Å². The van der Waals surface area contributed by atoms with Crippen molar-refractivity contribution in [2.45, 2.75) is 26.2 Å². The van der Waals surface area contributed by atoms with Crippen LogP contribution >= 0.6 is 15.9 Å². The van der Waals surface area contributed by atoms with Gasteiger partial charge in [0.15, 0.2) is 5.78 Å². The fraction of sp³-hybridized carbons (Fsp3) is 0.533. The second-order valence-corrected chi connectivity index (χ2v) is 6.30. The molecule has 2 unspecified atom stereocenters. The van der Waals surface area contributed by atoms with Crippen molar-refractivity contribution in [3.05, 3.63) is 27.7 Å². The highest BCUT2D eigenvalue weighted by Gasteiger charge is 2.56. The fourth-order valence-corrected chi connectivity index (χ4v) is 3.75. The van der Waals surface area contributed by atoms with Crippen molar-refractivity contribution in [2.75, 3.05) is 7.11 Å². The van der Waals surface area contributed by atoms with Gasteiger partial charge in [-0.05, 0) is 49.3 Å². The van der Waals surface area contributed by atoms with Gasteiger partial charge in [-0.3, -0.25) is 4.79 Å². The molecule has 0 aliphatic heterocycles. The van der Waals surface area contributed by atoms with Gasteiger partial charge in [0.05, 0.1) is 12.7 Å². The third kappa shape index (κ3) is 1.80. The van der Waals surface area contributed by atoms with Crippen LogP contribution in [0.4, 0.5) is 0 Å². The number of ketones is 1. The van der Waals surface area contributed by atoms with Gasteiger partial charge >= 0.3 is 0 Å². The van der Waals surface area contributed by atoms with E-state index in [1.807, 2.05) is 19.1 Å². The molecule has 2 saturated carbocycles. The molecule has 2 aliphatic carbocycles. The van der Waals surface area contributed by atoms with Crippen molar-refractivity contribution in [1.82, 2.24) is 0 Å². The van der Waals surface area contributed by atoms with E-state index in [1.165, 1.54) is 19.3 Å². The van der Waals surface area contributed by atoms with Crippen LogP contribution in [0.2, 0.25) is 0 Å². The van der Waals surface area contributed by atoms with Crippen LogP contribution < -0.4 is 4.74 Å². The van der Waals surface area contributed by atoms with Crippen LogP contribution in [-0.2, 0) is 0 Å². The van der Waals surface area contributed by atoms with Crippen LogP contribution in [0.3, 0.4) is 0 Å². The summed E-state index contributed by atoms with van der Waals surface area (Å²) in [5.74, 6) is 2.57. The van der Waals surface area contributed by atoms with Gasteiger partial charge in [0.1, 0.15) is 5.75 Å². The lowest BCUT2D eigenvalue weighted by molar-refractivity contribution is 0.0948. The lowest BCUT2D eigenvalue weighted by Crippen LogP contribution is -2.08. The van der Waals surface area contributed by atoms with Gasteiger partial charge in [0.2, 0.25) is 0 Å². The summed E-state index contributed by atoms with van der Waals surface area (Å²) in [5.41, 5.74) is 1.84. The zero-order chi connectivity index (χ0) is 12.9. The van der Waals surface area contributed by atoms with E-state index in [2.05, 4.69) is 15.9 Å². The monoisotopic (exact) mass is 308 g/mol. The lowest BCUT2D eigenvalue weighted by atomic mass is 9.99. The van der Waals surface area contributed by atoms with Gasteiger partial charge < -0.3 is 4.74 Å². The Morgan fingerprint density at radius 3 is 2.61 bits per heavy atom. The molecule has 3 heteroatoms. The zero-order valence-corrected chi connectivity index (χ0v) is 12.3. The summed E-state index contributed by atoms with van der Waals surface area (Å²) >= 11 is 3.50. The number of halogens is 1. The minimum Gasteiger partial charge on any atom is -0.496 e. The van der Waals surface area contributed by atoms with Crippen molar-refractivity contribution in [3.8, 4) is 5.75 Å². The number of fused-ring (bicyclic) bond motifs is 1. The third-order valence-corrected chi connectivity index (χ3v) is 5.31. The molecular weight excluding hydrogens is 292 g/mol. The summed E-state index contributed by atoms with van der Waals surface area (Å²) in [7, 11) is 1.63. The minimum atomic E-state index is 0.266. The van der Waals surface area contributed by atoms with E-state index in [0.717, 1.165) is 15.6 Å². The predicted molar refractivity (Wildman–Crippen MR) is 74.1 cm³/mol. The van der Waals surface area contributed by atoms with E-state index < -0.39 is 0 Å². The van der Waals surface area contributed by atoms with Crippen LogP contribution in [0.5, 0.6) is 5.75 Å². The molecule has 0 heterocycles. The molecular formula is C15H17BrO2. The predicted octanol–water partition coefficient (Wildman–Crippen LogP) is 3.99. The van der Waals surface area contributed by atoms with Crippen molar-refractivity contribution in [2.24, 2.45) is 17.8 Å². The van der Waals surface area contributed by atoms with Crippen LogP contribution in [-0.4, -0.2) is 12.9 Å². The van der Waals surface area contributed by atoms with Crippen molar-refractivity contribution in [3.63, 3.8) is 0 Å². The number of Topliss-reactive ketones (excluding diaryl/α,β-unsaturated/α-hetero) is 1. The molecule has 3 rings (SSSR count). The fourth-order valence-electron chi connectivity index (χ4n) is 3.41. The summed E-state index contributed by atoms with van der Waals surface area (Å²) in [5, 5.41) is 0. The Balaban J connectivity index is 1.92. The van der Waals surface area contributed by atoms with E-state index in [0.29, 0.717) is 17.6 Å². The highest BCUT2D eigenvalue weighted by Crippen LogP contribution is 2.59. The Hall–Kier alpha value is -0.830. The number of hydrogen-bond acceptors (Lipinski definition) is 2. The van der Waals surface area contributed by atoms with E-state index in [9.17, 15) is 4.79 Å².